The van der Waals surface area contributed by atoms with Gasteiger partial charge in [0.15, 0.2) is 0 Å². The smallest absolute Gasteiger partial charge is 0.229 e. The number of benzene rings is 1. The van der Waals surface area contributed by atoms with Gasteiger partial charge in [-0.05, 0) is 12.3 Å². The van der Waals surface area contributed by atoms with Gasteiger partial charge in [0.05, 0.1) is 0 Å². The van der Waals surface area contributed by atoms with Gasteiger partial charge in [0.1, 0.15) is 0 Å². The van der Waals surface area contributed by atoms with Crippen LogP contribution in [0.25, 0.3) is 11.2 Å². The molecule has 0 saturated heterocycles. The Bertz CT molecular complexity index is 426. The minimum Gasteiger partial charge on any atom is -0.285 e. The molecule has 2 rings (SSSR count). The molecule has 0 aliphatic heterocycles. The fourth-order valence-electron chi connectivity index (χ4n) is 1.49. The molecule has 1 aromatic carbocycles. The Kier molecular flexibility index (Phi) is 1.56. The standard InChI is InChI=1S/C11H14O2/c1-7-5-6-8(11(2,3)4)10-9(7)12-13-10/h5-6H,1-4H3. The van der Waals surface area contributed by atoms with Gasteiger partial charge >= 0.3 is 0 Å². The van der Waals surface area contributed by atoms with Crippen LogP contribution in [0.5, 0.6) is 0 Å². The van der Waals surface area contributed by atoms with Crippen LogP contribution in [0, 0.1) is 6.92 Å². The monoisotopic (exact) mass is 178 g/mol. The van der Waals surface area contributed by atoms with Gasteiger partial charge in [0.2, 0.25) is 11.2 Å². The van der Waals surface area contributed by atoms with Crippen LogP contribution in [0.15, 0.2) is 21.3 Å². The Morgan fingerprint density at radius 1 is 1.00 bits per heavy atom. The zero-order valence-corrected chi connectivity index (χ0v) is 8.47. The third-order valence-corrected chi connectivity index (χ3v) is 2.33. The van der Waals surface area contributed by atoms with E-state index in [1.807, 2.05) is 6.92 Å². The zero-order chi connectivity index (χ0) is 9.64. The number of aryl methyl sites for hydroxylation is 1. The van der Waals surface area contributed by atoms with Crippen LogP contribution in [0.3, 0.4) is 0 Å². The Morgan fingerprint density at radius 3 is 2.08 bits per heavy atom. The molecule has 0 amide bonds. The first kappa shape index (κ1) is 8.42. The van der Waals surface area contributed by atoms with Gasteiger partial charge in [0, 0.05) is 11.1 Å². The summed E-state index contributed by atoms with van der Waals surface area (Å²) < 4.78 is 9.96. The average Bonchev–Trinajstić information content (AvgIpc) is 1.90. The van der Waals surface area contributed by atoms with Crippen molar-refractivity contribution < 1.29 is 9.15 Å². The number of rotatable bonds is 0. The molecule has 1 aromatic heterocycles. The first-order valence-electron chi connectivity index (χ1n) is 4.49. The molecule has 13 heavy (non-hydrogen) atoms. The molecule has 0 atom stereocenters. The number of hydrogen-bond donors (Lipinski definition) is 0. The summed E-state index contributed by atoms with van der Waals surface area (Å²) in [4.78, 5) is 0. The molecule has 0 fully saturated rings. The maximum atomic E-state index is 5.01. The highest BCUT2D eigenvalue weighted by Gasteiger charge is 2.22. The van der Waals surface area contributed by atoms with Gasteiger partial charge in [-0.1, -0.05) is 32.9 Å². The fourth-order valence-corrected chi connectivity index (χ4v) is 1.49. The molecule has 0 aliphatic carbocycles. The molecule has 0 aliphatic rings. The van der Waals surface area contributed by atoms with E-state index in [9.17, 15) is 0 Å². The highest BCUT2D eigenvalue weighted by atomic mass is 17.0. The molecule has 0 unspecified atom stereocenters. The van der Waals surface area contributed by atoms with Crippen LogP contribution in [0.4, 0.5) is 0 Å². The second-order valence-corrected chi connectivity index (χ2v) is 4.50. The Balaban J connectivity index is 2.68. The molecular formula is C11H14O2. The van der Waals surface area contributed by atoms with E-state index < -0.39 is 0 Å². The lowest BCUT2D eigenvalue weighted by Gasteiger charge is -2.20. The third-order valence-electron chi connectivity index (χ3n) is 2.33. The van der Waals surface area contributed by atoms with E-state index in [4.69, 9.17) is 9.15 Å². The average molecular weight is 178 g/mol. The first-order chi connectivity index (χ1) is 6.00. The van der Waals surface area contributed by atoms with E-state index in [2.05, 4.69) is 32.9 Å². The lowest BCUT2D eigenvalue weighted by molar-refractivity contribution is 0.0566. The molecule has 0 radical (unpaired) electrons. The quantitative estimate of drug-likeness (QED) is 0.576. The van der Waals surface area contributed by atoms with E-state index in [1.165, 1.54) is 5.56 Å². The van der Waals surface area contributed by atoms with Gasteiger partial charge in [0.25, 0.3) is 0 Å². The minimum absolute atomic E-state index is 0.113. The minimum atomic E-state index is 0.113. The maximum Gasteiger partial charge on any atom is 0.229 e. The highest BCUT2D eigenvalue weighted by molar-refractivity contribution is 5.79. The molecule has 0 spiro atoms. The lowest BCUT2D eigenvalue weighted by atomic mass is 9.86. The van der Waals surface area contributed by atoms with Gasteiger partial charge < -0.3 is 0 Å². The van der Waals surface area contributed by atoms with Crippen molar-refractivity contribution in [2.24, 2.45) is 0 Å². The van der Waals surface area contributed by atoms with E-state index in [0.717, 1.165) is 16.7 Å². The van der Waals surface area contributed by atoms with Crippen molar-refractivity contribution >= 4 is 11.2 Å². The lowest BCUT2D eigenvalue weighted by Crippen LogP contribution is -2.12. The molecule has 0 N–H and O–H groups in total. The van der Waals surface area contributed by atoms with Crippen LogP contribution >= 0.6 is 0 Å². The molecule has 1 heterocycles. The van der Waals surface area contributed by atoms with Crippen molar-refractivity contribution in [2.45, 2.75) is 33.1 Å². The summed E-state index contributed by atoms with van der Waals surface area (Å²) in [6.45, 7) is 8.52. The summed E-state index contributed by atoms with van der Waals surface area (Å²) in [5.41, 5.74) is 4.26. The molecule has 70 valence electrons. The van der Waals surface area contributed by atoms with Crippen molar-refractivity contribution in [2.75, 3.05) is 0 Å². The number of hydrogen-bond acceptors (Lipinski definition) is 2. The molecular weight excluding hydrogens is 164 g/mol. The third kappa shape index (κ3) is 1.17. The SMILES string of the molecule is Cc1ccc(C(C)(C)C)c2ooc12. The number of fused-ring (bicyclic) bond motifs is 1. The summed E-state index contributed by atoms with van der Waals surface area (Å²) in [6, 6.07) is 4.18. The van der Waals surface area contributed by atoms with Gasteiger partial charge in [-0.3, -0.25) is 9.15 Å². The summed E-state index contributed by atoms with van der Waals surface area (Å²) >= 11 is 0. The molecule has 0 bridgehead atoms. The van der Waals surface area contributed by atoms with Crippen molar-refractivity contribution in [1.82, 2.24) is 0 Å². The predicted octanol–water partition coefficient (Wildman–Crippen LogP) is 3.63. The van der Waals surface area contributed by atoms with E-state index >= 15 is 0 Å². The van der Waals surface area contributed by atoms with E-state index in [-0.39, 0.29) is 5.41 Å². The van der Waals surface area contributed by atoms with Crippen LogP contribution in [-0.2, 0) is 5.41 Å². The molecule has 2 heteroatoms. The van der Waals surface area contributed by atoms with Gasteiger partial charge in [-0.25, -0.2) is 0 Å². The van der Waals surface area contributed by atoms with Crippen LogP contribution in [0.1, 0.15) is 31.9 Å². The summed E-state index contributed by atoms with van der Waals surface area (Å²) in [6.07, 6.45) is 0. The Morgan fingerprint density at radius 2 is 1.62 bits per heavy atom. The molecule has 2 aromatic rings. The summed E-state index contributed by atoms with van der Waals surface area (Å²) in [7, 11) is 0. The van der Waals surface area contributed by atoms with Crippen molar-refractivity contribution in [3.05, 3.63) is 23.3 Å². The second-order valence-electron chi connectivity index (χ2n) is 4.50. The van der Waals surface area contributed by atoms with Crippen LogP contribution in [-0.4, -0.2) is 0 Å². The van der Waals surface area contributed by atoms with Crippen LogP contribution in [0.2, 0.25) is 0 Å². The molecule has 2 nitrogen and oxygen atoms in total. The summed E-state index contributed by atoms with van der Waals surface area (Å²) in [5.74, 6) is 0. The maximum absolute atomic E-state index is 5.01. The van der Waals surface area contributed by atoms with Crippen molar-refractivity contribution in [3.63, 3.8) is 0 Å². The summed E-state index contributed by atoms with van der Waals surface area (Å²) in [5, 5.41) is 0. The molecule has 0 saturated carbocycles. The van der Waals surface area contributed by atoms with E-state index in [0.29, 0.717) is 0 Å². The fraction of sp³-hybridized carbons (Fsp3) is 0.455. The normalized spacial score (nSPS) is 12.6. The predicted molar refractivity (Wildman–Crippen MR) is 51.9 cm³/mol. The van der Waals surface area contributed by atoms with Crippen LogP contribution < -0.4 is 0 Å². The zero-order valence-electron chi connectivity index (χ0n) is 8.47. The topological polar surface area (TPSA) is 26.3 Å². The van der Waals surface area contributed by atoms with Crippen molar-refractivity contribution in [1.29, 1.82) is 0 Å². The Hall–Kier alpha value is -1.18. The first-order valence-corrected chi connectivity index (χ1v) is 4.49. The highest BCUT2D eigenvalue weighted by Crippen LogP contribution is 2.33. The second kappa shape index (κ2) is 2.41. The van der Waals surface area contributed by atoms with Gasteiger partial charge in [-0.2, -0.15) is 0 Å². The van der Waals surface area contributed by atoms with E-state index in [1.54, 1.807) is 0 Å². The van der Waals surface area contributed by atoms with Crippen molar-refractivity contribution in [3.8, 4) is 0 Å². The Labute approximate surface area is 77.5 Å². The van der Waals surface area contributed by atoms with Gasteiger partial charge in [-0.15, -0.1) is 0 Å². The largest absolute Gasteiger partial charge is 0.285 e.